The predicted molar refractivity (Wildman–Crippen MR) is 76.9 cm³/mol. The van der Waals surface area contributed by atoms with Crippen molar-refractivity contribution in [1.82, 2.24) is 0 Å². The van der Waals surface area contributed by atoms with Crippen molar-refractivity contribution in [1.29, 1.82) is 0 Å². The fourth-order valence-electron chi connectivity index (χ4n) is 1.88. The third kappa shape index (κ3) is 2.85. The van der Waals surface area contributed by atoms with E-state index in [0.29, 0.717) is 12.2 Å². The molecule has 0 bridgehead atoms. The second-order valence-electron chi connectivity index (χ2n) is 4.09. The summed E-state index contributed by atoms with van der Waals surface area (Å²) in [7, 11) is 0. The highest BCUT2D eigenvalue weighted by Gasteiger charge is 2.19. The van der Waals surface area contributed by atoms with Crippen molar-refractivity contribution in [3.05, 3.63) is 58.4 Å². The summed E-state index contributed by atoms with van der Waals surface area (Å²) in [6, 6.07) is 10.9. The van der Waals surface area contributed by atoms with E-state index in [4.69, 9.17) is 0 Å². The van der Waals surface area contributed by atoms with Gasteiger partial charge in [-0.2, -0.15) is 0 Å². The van der Waals surface area contributed by atoms with Crippen molar-refractivity contribution in [2.45, 2.75) is 6.92 Å². The molecule has 0 saturated heterocycles. The quantitative estimate of drug-likeness (QED) is 0.641. The Morgan fingerprint density at radius 3 is 2.40 bits per heavy atom. The molecule has 0 spiro atoms. The molecule has 0 aliphatic rings. The monoisotopic (exact) mass is 275 g/mol. The minimum absolute atomic E-state index is 0.0994. The van der Waals surface area contributed by atoms with Gasteiger partial charge in [0.15, 0.2) is 0 Å². The highest BCUT2D eigenvalue weighted by Crippen LogP contribution is 2.35. The fraction of sp³-hybridized carbons (Fsp3) is 0.143. The van der Waals surface area contributed by atoms with Gasteiger partial charge in [0.25, 0.3) is 0 Å². The summed E-state index contributed by atoms with van der Waals surface area (Å²) < 4.78 is 13.6. The number of halogens is 1. The molecule has 6 heteroatoms. The number of para-hydroxylation sites is 2. The molecule has 0 aromatic heterocycles. The number of hydrogen-bond donors (Lipinski definition) is 2. The van der Waals surface area contributed by atoms with Crippen LogP contribution in [0.15, 0.2) is 42.5 Å². The van der Waals surface area contributed by atoms with Gasteiger partial charge in [-0.05, 0) is 31.2 Å². The summed E-state index contributed by atoms with van der Waals surface area (Å²) in [6.45, 7) is 2.41. The Kier molecular flexibility index (Phi) is 4.14. The van der Waals surface area contributed by atoms with Crippen LogP contribution in [0, 0.1) is 15.9 Å². The molecule has 0 aliphatic heterocycles. The zero-order valence-electron chi connectivity index (χ0n) is 10.9. The van der Waals surface area contributed by atoms with Gasteiger partial charge in [-0.25, -0.2) is 4.39 Å². The predicted octanol–water partition coefficient (Wildman–Crippen LogP) is 3.91. The lowest BCUT2D eigenvalue weighted by Gasteiger charge is -2.11. The van der Waals surface area contributed by atoms with Crippen molar-refractivity contribution < 1.29 is 9.31 Å². The molecule has 2 N–H and O–H groups in total. The van der Waals surface area contributed by atoms with Crippen LogP contribution in [0.5, 0.6) is 0 Å². The summed E-state index contributed by atoms with van der Waals surface area (Å²) in [6.07, 6.45) is 0. The first-order chi connectivity index (χ1) is 9.63. The molecular formula is C14H14FN3O2. The molecule has 104 valence electrons. The average Bonchev–Trinajstić information content (AvgIpc) is 2.41. The first kappa shape index (κ1) is 13.8. The number of hydrogen-bond acceptors (Lipinski definition) is 4. The van der Waals surface area contributed by atoms with Crippen LogP contribution in [0.25, 0.3) is 0 Å². The molecule has 20 heavy (non-hydrogen) atoms. The van der Waals surface area contributed by atoms with Crippen LogP contribution in [-0.4, -0.2) is 11.5 Å². The van der Waals surface area contributed by atoms with E-state index in [1.54, 1.807) is 30.3 Å². The number of nitrogens with one attached hydrogen (secondary N) is 2. The van der Waals surface area contributed by atoms with Gasteiger partial charge in [-0.1, -0.05) is 18.2 Å². The number of nitrogens with zero attached hydrogens (tertiary/aromatic N) is 1. The molecule has 0 fully saturated rings. The van der Waals surface area contributed by atoms with Gasteiger partial charge in [-0.3, -0.25) is 10.1 Å². The Morgan fingerprint density at radius 1 is 1.10 bits per heavy atom. The van der Waals surface area contributed by atoms with E-state index in [0.717, 1.165) is 0 Å². The largest absolute Gasteiger partial charge is 0.380 e. The Morgan fingerprint density at radius 2 is 1.75 bits per heavy atom. The Balaban J connectivity index is 2.44. The maximum Gasteiger partial charge on any atom is 0.315 e. The summed E-state index contributed by atoms with van der Waals surface area (Å²) in [4.78, 5) is 10.7. The van der Waals surface area contributed by atoms with E-state index in [-0.39, 0.29) is 17.1 Å². The first-order valence-corrected chi connectivity index (χ1v) is 6.16. The van der Waals surface area contributed by atoms with Crippen molar-refractivity contribution in [2.24, 2.45) is 0 Å². The van der Waals surface area contributed by atoms with Crippen LogP contribution >= 0.6 is 0 Å². The van der Waals surface area contributed by atoms with Crippen LogP contribution in [0.4, 0.5) is 27.1 Å². The molecule has 0 unspecified atom stereocenters. The van der Waals surface area contributed by atoms with Gasteiger partial charge in [0.05, 0.1) is 10.6 Å². The van der Waals surface area contributed by atoms with Crippen LogP contribution in [0.1, 0.15) is 6.92 Å². The number of benzene rings is 2. The maximum absolute atomic E-state index is 13.6. The third-order valence-electron chi connectivity index (χ3n) is 2.73. The number of anilines is 3. The highest BCUT2D eigenvalue weighted by atomic mass is 19.1. The zero-order chi connectivity index (χ0) is 14.5. The van der Waals surface area contributed by atoms with Crippen molar-refractivity contribution in [3.8, 4) is 0 Å². The van der Waals surface area contributed by atoms with E-state index >= 15 is 0 Å². The van der Waals surface area contributed by atoms with Gasteiger partial charge in [0.1, 0.15) is 17.2 Å². The molecule has 0 amide bonds. The van der Waals surface area contributed by atoms with E-state index < -0.39 is 10.7 Å². The fourth-order valence-corrected chi connectivity index (χ4v) is 1.88. The normalized spacial score (nSPS) is 10.1. The van der Waals surface area contributed by atoms with Gasteiger partial charge in [0, 0.05) is 6.54 Å². The number of nitro groups is 1. The Bertz CT molecular complexity index is 632. The van der Waals surface area contributed by atoms with E-state index in [1.165, 1.54) is 12.1 Å². The molecular weight excluding hydrogens is 261 g/mol. The van der Waals surface area contributed by atoms with Crippen molar-refractivity contribution in [2.75, 3.05) is 17.2 Å². The van der Waals surface area contributed by atoms with Crippen LogP contribution in [-0.2, 0) is 0 Å². The summed E-state index contributed by atoms with van der Waals surface area (Å²) in [5.74, 6) is -0.462. The van der Waals surface area contributed by atoms with Crippen LogP contribution in [0.2, 0.25) is 0 Å². The number of nitro benzene ring substituents is 1. The molecule has 5 nitrogen and oxygen atoms in total. The molecule has 2 aromatic rings. The average molecular weight is 275 g/mol. The summed E-state index contributed by atoms with van der Waals surface area (Å²) >= 11 is 0. The molecule has 2 rings (SSSR count). The molecule has 2 aromatic carbocycles. The van der Waals surface area contributed by atoms with E-state index in [1.807, 2.05) is 6.92 Å². The zero-order valence-corrected chi connectivity index (χ0v) is 10.9. The lowest BCUT2D eigenvalue weighted by molar-refractivity contribution is -0.383. The van der Waals surface area contributed by atoms with E-state index in [2.05, 4.69) is 10.6 Å². The van der Waals surface area contributed by atoms with Gasteiger partial charge in [0.2, 0.25) is 0 Å². The standard InChI is InChI=1S/C14H14FN3O2/c1-2-16-12-8-5-9-13(14(12)18(19)20)17-11-7-4-3-6-10(11)15/h3-9,16-17H,2H2,1H3. The number of rotatable bonds is 5. The summed E-state index contributed by atoms with van der Waals surface area (Å²) in [5, 5.41) is 16.9. The lowest BCUT2D eigenvalue weighted by Crippen LogP contribution is -2.04. The minimum atomic E-state index is -0.485. The lowest BCUT2D eigenvalue weighted by atomic mass is 10.2. The highest BCUT2D eigenvalue weighted by molar-refractivity contribution is 5.79. The SMILES string of the molecule is CCNc1cccc(Nc2ccccc2F)c1[N+](=O)[O-]. The van der Waals surface area contributed by atoms with E-state index in [9.17, 15) is 14.5 Å². The maximum atomic E-state index is 13.6. The minimum Gasteiger partial charge on any atom is -0.380 e. The van der Waals surface area contributed by atoms with Gasteiger partial charge < -0.3 is 10.6 Å². The first-order valence-electron chi connectivity index (χ1n) is 6.16. The smallest absolute Gasteiger partial charge is 0.315 e. The summed E-state index contributed by atoms with van der Waals surface area (Å²) in [5.41, 5.74) is 0.749. The second kappa shape index (κ2) is 6.01. The molecule has 0 atom stereocenters. The van der Waals surface area contributed by atoms with Crippen molar-refractivity contribution in [3.63, 3.8) is 0 Å². The molecule has 0 heterocycles. The third-order valence-corrected chi connectivity index (χ3v) is 2.73. The van der Waals surface area contributed by atoms with Gasteiger partial charge in [-0.15, -0.1) is 0 Å². The van der Waals surface area contributed by atoms with Crippen LogP contribution in [0.3, 0.4) is 0 Å². The molecule has 0 radical (unpaired) electrons. The molecule has 0 saturated carbocycles. The topological polar surface area (TPSA) is 67.2 Å². The van der Waals surface area contributed by atoms with Gasteiger partial charge >= 0.3 is 5.69 Å². The second-order valence-corrected chi connectivity index (χ2v) is 4.09. The van der Waals surface area contributed by atoms with Crippen molar-refractivity contribution >= 4 is 22.7 Å². The Labute approximate surface area is 115 Å². The van der Waals surface area contributed by atoms with Crippen LogP contribution < -0.4 is 10.6 Å². The molecule has 0 aliphatic carbocycles. The Hall–Kier alpha value is -2.63.